The zero-order chi connectivity index (χ0) is 41.2. The standard InChI is InChI=1S/C60H42N2/c1-4-20-43(21-5-1)50-28-10-11-32-56(50)60-52(45-24-8-3-9-25-45)33-19-34-53(60)46-38-40-47(41-39-46)61(57-35-15-12-29-51(57)44-22-6-2-7-23-44)48-26-18-27-49(42-48)62-58-36-16-13-30-54(58)55-31-14-17-37-59(55)62/h1-42H. The van der Waals surface area contributed by atoms with E-state index < -0.39 is 0 Å². The zero-order valence-electron chi connectivity index (χ0n) is 34.1. The Morgan fingerprint density at radius 3 is 1.32 bits per heavy atom. The van der Waals surface area contributed by atoms with Crippen molar-refractivity contribution in [2.75, 3.05) is 4.90 Å². The molecule has 0 atom stereocenters. The first kappa shape index (κ1) is 36.8. The van der Waals surface area contributed by atoms with E-state index in [4.69, 9.17) is 0 Å². The fraction of sp³-hybridized carbons (Fsp3) is 0. The van der Waals surface area contributed by atoms with Gasteiger partial charge in [0, 0.05) is 33.4 Å². The average Bonchev–Trinajstić information content (AvgIpc) is 3.70. The smallest absolute Gasteiger partial charge is 0.0541 e. The molecule has 0 saturated carbocycles. The minimum absolute atomic E-state index is 1.07. The summed E-state index contributed by atoms with van der Waals surface area (Å²) in [6.07, 6.45) is 0. The topological polar surface area (TPSA) is 8.17 Å². The van der Waals surface area contributed by atoms with Crippen molar-refractivity contribution in [3.05, 3.63) is 255 Å². The van der Waals surface area contributed by atoms with Gasteiger partial charge in [-0.25, -0.2) is 0 Å². The lowest BCUT2D eigenvalue weighted by Gasteiger charge is -2.29. The maximum atomic E-state index is 2.41. The van der Waals surface area contributed by atoms with Crippen LogP contribution in [0.25, 0.3) is 83.1 Å². The molecule has 10 aromatic carbocycles. The van der Waals surface area contributed by atoms with Gasteiger partial charge >= 0.3 is 0 Å². The van der Waals surface area contributed by atoms with Crippen LogP contribution in [-0.4, -0.2) is 4.57 Å². The van der Waals surface area contributed by atoms with Gasteiger partial charge < -0.3 is 9.47 Å². The molecule has 292 valence electrons. The number of nitrogens with zero attached hydrogens (tertiary/aromatic N) is 2. The van der Waals surface area contributed by atoms with Crippen molar-refractivity contribution in [1.29, 1.82) is 0 Å². The summed E-state index contributed by atoms with van der Waals surface area (Å²) in [6.45, 7) is 0. The Labute approximate surface area is 362 Å². The highest BCUT2D eigenvalue weighted by Gasteiger charge is 2.21. The lowest BCUT2D eigenvalue weighted by atomic mass is 9.84. The lowest BCUT2D eigenvalue weighted by molar-refractivity contribution is 1.17. The number of fused-ring (bicyclic) bond motifs is 3. The van der Waals surface area contributed by atoms with Gasteiger partial charge in [0.15, 0.2) is 0 Å². The molecule has 0 saturated heterocycles. The second-order valence-corrected chi connectivity index (χ2v) is 15.7. The van der Waals surface area contributed by atoms with Crippen LogP contribution in [0.5, 0.6) is 0 Å². The van der Waals surface area contributed by atoms with Crippen LogP contribution < -0.4 is 4.90 Å². The molecule has 1 heterocycles. The molecule has 2 nitrogen and oxygen atoms in total. The summed E-state index contributed by atoms with van der Waals surface area (Å²) in [7, 11) is 0. The van der Waals surface area contributed by atoms with E-state index in [2.05, 4.69) is 264 Å². The highest BCUT2D eigenvalue weighted by molar-refractivity contribution is 6.09. The van der Waals surface area contributed by atoms with E-state index in [0.717, 1.165) is 33.9 Å². The maximum Gasteiger partial charge on any atom is 0.0541 e. The highest BCUT2D eigenvalue weighted by Crippen LogP contribution is 2.46. The second-order valence-electron chi connectivity index (χ2n) is 15.7. The van der Waals surface area contributed by atoms with Gasteiger partial charge in [-0.15, -0.1) is 0 Å². The highest BCUT2D eigenvalue weighted by atomic mass is 15.1. The summed E-state index contributed by atoms with van der Waals surface area (Å²) in [5.41, 5.74) is 18.6. The van der Waals surface area contributed by atoms with Crippen molar-refractivity contribution < 1.29 is 0 Å². The molecule has 62 heavy (non-hydrogen) atoms. The summed E-state index contributed by atoms with van der Waals surface area (Å²) >= 11 is 0. The first-order valence-corrected chi connectivity index (χ1v) is 21.3. The molecule has 1 aromatic heterocycles. The summed E-state index contributed by atoms with van der Waals surface area (Å²) in [5, 5.41) is 2.50. The minimum Gasteiger partial charge on any atom is -0.310 e. The van der Waals surface area contributed by atoms with E-state index in [1.165, 1.54) is 66.3 Å². The van der Waals surface area contributed by atoms with Crippen LogP contribution in [-0.2, 0) is 0 Å². The van der Waals surface area contributed by atoms with E-state index in [9.17, 15) is 0 Å². The van der Waals surface area contributed by atoms with E-state index >= 15 is 0 Å². The van der Waals surface area contributed by atoms with Gasteiger partial charge in [-0.3, -0.25) is 0 Å². The Bertz CT molecular complexity index is 3280. The minimum atomic E-state index is 1.07. The molecule has 0 aliphatic rings. The first-order valence-electron chi connectivity index (χ1n) is 21.3. The quantitative estimate of drug-likeness (QED) is 0.141. The molecule has 0 radical (unpaired) electrons. The van der Waals surface area contributed by atoms with Crippen molar-refractivity contribution in [3.63, 3.8) is 0 Å². The number of para-hydroxylation sites is 3. The molecular weight excluding hydrogens is 749 g/mol. The Balaban J connectivity index is 1.09. The molecule has 0 bridgehead atoms. The molecule has 0 N–H and O–H groups in total. The van der Waals surface area contributed by atoms with Gasteiger partial charge in [-0.1, -0.05) is 206 Å². The van der Waals surface area contributed by atoms with Gasteiger partial charge in [0.05, 0.1) is 16.7 Å². The molecule has 0 amide bonds. The summed E-state index contributed by atoms with van der Waals surface area (Å²) in [5.74, 6) is 0. The largest absolute Gasteiger partial charge is 0.310 e. The monoisotopic (exact) mass is 790 g/mol. The summed E-state index contributed by atoms with van der Waals surface area (Å²) in [4.78, 5) is 2.41. The van der Waals surface area contributed by atoms with Gasteiger partial charge in [0.25, 0.3) is 0 Å². The van der Waals surface area contributed by atoms with Crippen LogP contribution in [0.15, 0.2) is 255 Å². The van der Waals surface area contributed by atoms with E-state index in [1.54, 1.807) is 0 Å². The van der Waals surface area contributed by atoms with Crippen molar-refractivity contribution >= 4 is 38.9 Å². The van der Waals surface area contributed by atoms with Crippen LogP contribution in [0.3, 0.4) is 0 Å². The average molecular weight is 791 g/mol. The molecule has 0 unspecified atom stereocenters. The fourth-order valence-corrected chi connectivity index (χ4v) is 9.23. The molecular formula is C60H42N2. The van der Waals surface area contributed by atoms with Crippen molar-refractivity contribution in [2.45, 2.75) is 0 Å². The molecule has 11 rings (SSSR count). The lowest BCUT2D eigenvalue weighted by Crippen LogP contribution is -2.11. The number of hydrogen-bond acceptors (Lipinski definition) is 1. The molecule has 11 aromatic rings. The number of aromatic nitrogens is 1. The fourth-order valence-electron chi connectivity index (χ4n) is 9.23. The van der Waals surface area contributed by atoms with Crippen molar-refractivity contribution in [3.8, 4) is 61.3 Å². The van der Waals surface area contributed by atoms with Crippen LogP contribution >= 0.6 is 0 Å². The number of hydrogen-bond donors (Lipinski definition) is 0. The Hall–Kier alpha value is -8.20. The predicted octanol–water partition coefficient (Wildman–Crippen LogP) is 16.6. The van der Waals surface area contributed by atoms with E-state index in [1.807, 2.05) is 0 Å². The Kier molecular flexibility index (Phi) is 9.57. The zero-order valence-corrected chi connectivity index (χ0v) is 34.1. The number of benzene rings is 10. The maximum absolute atomic E-state index is 2.41. The van der Waals surface area contributed by atoms with Crippen LogP contribution in [0, 0.1) is 0 Å². The normalized spacial score (nSPS) is 11.2. The van der Waals surface area contributed by atoms with Crippen molar-refractivity contribution in [1.82, 2.24) is 4.57 Å². The molecule has 2 heteroatoms. The molecule has 0 aliphatic carbocycles. The predicted molar refractivity (Wildman–Crippen MR) is 263 cm³/mol. The second kappa shape index (κ2) is 16.1. The van der Waals surface area contributed by atoms with Gasteiger partial charge in [0.2, 0.25) is 0 Å². The van der Waals surface area contributed by atoms with Crippen LogP contribution in [0.2, 0.25) is 0 Å². The van der Waals surface area contributed by atoms with E-state index in [0.29, 0.717) is 0 Å². The van der Waals surface area contributed by atoms with Crippen LogP contribution in [0.1, 0.15) is 0 Å². The third-order valence-corrected chi connectivity index (χ3v) is 12.0. The number of rotatable bonds is 9. The number of anilines is 3. The summed E-state index contributed by atoms with van der Waals surface area (Å²) < 4.78 is 2.40. The van der Waals surface area contributed by atoms with Crippen molar-refractivity contribution in [2.24, 2.45) is 0 Å². The third-order valence-electron chi connectivity index (χ3n) is 12.0. The molecule has 0 spiro atoms. The van der Waals surface area contributed by atoms with Gasteiger partial charge in [0.1, 0.15) is 0 Å². The molecule has 0 fully saturated rings. The Morgan fingerprint density at radius 2 is 0.710 bits per heavy atom. The Morgan fingerprint density at radius 1 is 0.274 bits per heavy atom. The molecule has 0 aliphatic heterocycles. The van der Waals surface area contributed by atoms with Crippen LogP contribution in [0.4, 0.5) is 17.1 Å². The van der Waals surface area contributed by atoms with Gasteiger partial charge in [-0.2, -0.15) is 0 Å². The summed E-state index contributed by atoms with van der Waals surface area (Å²) in [6, 6.07) is 92.1. The third kappa shape index (κ3) is 6.65. The SMILES string of the molecule is c1ccc(-c2ccccc2-c2c(-c3ccccc3)cccc2-c2ccc(N(c3cccc(-n4c5ccccc5c5ccccc54)c3)c3ccccc3-c3ccccc3)cc2)cc1. The van der Waals surface area contributed by atoms with E-state index in [-0.39, 0.29) is 0 Å². The first-order chi connectivity index (χ1) is 30.8. The van der Waals surface area contributed by atoms with Gasteiger partial charge in [-0.05, 0) is 98.6 Å².